The van der Waals surface area contributed by atoms with Gasteiger partial charge in [-0.05, 0) is 28.9 Å². The molecule has 5 nitrogen and oxygen atoms in total. The van der Waals surface area contributed by atoms with Crippen LogP contribution in [0, 0.1) is 0 Å². The van der Waals surface area contributed by atoms with Crippen molar-refractivity contribution in [3.63, 3.8) is 0 Å². The summed E-state index contributed by atoms with van der Waals surface area (Å²) in [6.07, 6.45) is 1.60. The van der Waals surface area contributed by atoms with Crippen LogP contribution in [-0.4, -0.2) is 35.0 Å². The van der Waals surface area contributed by atoms with Gasteiger partial charge in [-0.3, -0.25) is 9.59 Å². The Bertz CT molecular complexity index is 458. The topological polar surface area (TPSA) is 68.3 Å². The zero-order valence-corrected chi connectivity index (χ0v) is 11.5. The molecule has 1 aromatic rings. The average Bonchev–Trinajstić information content (AvgIpc) is 2.31. The quantitative estimate of drug-likeness (QED) is 0.876. The zero-order chi connectivity index (χ0) is 13.0. The molecule has 0 saturated heterocycles. The smallest absolute Gasteiger partial charge is 0.251 e. The average molecular weight is 302 g/mol. The van der Waals surface area contributed by atoms with Crippen molar-refractivity contribution in [1.82, 2.24) is 9.47 Å². The highest BCUT2D eigenvalue weighted by Gasteiger charge is 2.15. The van der Waals surface area contributed by atoms with E-state index in [0.717, 1.165) is 4.47 Å². The highest BCUT2D eigenvalue weighted by Crippen LogP contribution is 2.05. The molecule has 1 amide bonds. The SMILES string of the molecule is CC(CN)N(C)C(=O)Cn1cc(Br)ccc1=O. The minimum atomic E-state index is -0.199. The van der Waals surface area contributed by atoms with Crippen molar-refractivity contribution in [2.45, 2.75) is 19.5 Å². The maximum absolute atomic E-state index is 11.9. The van der Waals surface area contributed by atoms with Gasteiger partial charge in [-0.25, -0.2) is 0 Å². The summed E-state index contributed by atoms with van der Waals surface area (Å²) in [5.74, 6) is -0.136. The molecule has 0 saturated carbocycles. The van der Waals surface area contributed by atoms with E-state index in [1.165, 1.54) is 10.6 Å². The first-order valence-electron chi connectivity index (χ1n) is 5.27. The highest BCUT2D eigenvalue weighted by molar-refractivity contribution is 9.10. The molecule has 0 spiro atoms. The number of nitrogens with zero attached hydrogens (tertiary/aromatic N) is 2. The molecule has 1 unspecified atom stereocenters. The maximum atomic E-state index is 11.9. The van der Waals surface area contributed by atoms with Crippen LogP contribution < -0.4 is 11.3 Å². The molecule has 6 heteroatoms. The van der Waals surface area contributed by atoms with Gasteiger partial charge >= 0.3 is 0 Å². The second kappa shape index (κ2) is 5.97. The largest absolute Gasteiger partial charge is 0.340 e. The van der Waals surface area contributed by atoms with Gasteiger partial charge in [0.1, 0.15) is 6.54 Å². The van der Waals surface area contributed by atoms with Gasteiger partial charge in [0.2, 0.25) is 5.91 Å². The molecule has 0 fully saturated rings. The van der Waals surface area contributed by atoms with Crippen molar-refractivity contribution in [1.29, 1.82) is 0 Å². The molecule has 1 rings (SSSR count). The van der Waals surface area contributed by atoms with E-state index in [0.29, 0.717) is 6.54 Å². The summed E-state index contributed by atoms with van der Waals surface area (Å²) in [6, 6.07) is 3.03. The molecule has 0 radical (unpaired) electrons. The van der Waals surface area contributed by atoms with E-state index in [9.17, 15) is 9.59 Å². The fourth-order valence-corrected chi connectivity index (χ4v) is 1.67. The number of halogens is 1. The standard InChI is InChI=1S/C11H16BrN3O2/c1-8(5-13)14(2)11(17)7-15-6-9(12)3-4-10(15)16/h3-4,6,8H,5,7,13H2,1-2H3. The van der Waals surface area contributed by atoms with E-state index in [1.54, 1.807) is 24.2 Å². The summed E-state index contributed by atoms with van der Waals surface area (Å²) in [5, 5.41) is 0. The van der Waals surface area contributed by atoms with E-state index >= 15 is 0 Å². The Labute approximate surface area is 108 Å². The molecule has 0 aliphatic rings. The second-order valence-corrected chi connectivity index (χ2v) is 4.82. The number of nitrogens with two attached hydrogens (primary N) is 1. The summed E-state index contributed by atoms with van der Waals surface area (Å²) < 4.78 is 2.13. The number of aromatic nitrogens is 1. The monoisotopic (exact) mass is 301 g/mol. The van der Waals surface area contributed by atoms with Crippen molar-refractivity contribution in [3.05, 3.63) is 33.2 Å². The number of hydrogen-bond acceptors (Lipinski definition) is 3. The number of carbonyl (C=O) groups excluding carboxylic acids is 1. The minimum Gasteiger partial charge on any atom is -0.340 e. The number of likely N-dealkylation sites (N-methyl/N-ethyl adjacent to an activating group) is 1. The van der Waals surface area contributed by atoms with Crippen molar-refractivity contribution >= 4 is 21.8 Å². The highest BCUT2D eigenvalue weighted by atomic mass is 79.9. The third-order valence-corrected chi connectivity index (χ3v) is 3.12. The molecule has 2 N–H and O–H groups in total. The Kier molecular flexibility index (Phi) is 4.89. The number of rotatable bonds is 4. The number of hydrogen-bond donors (Lipinski definition) is 1. The predicted octanol–water partition coefficient (Wildman–Crippen LogP) is 0.416. The molecule has 94 valence electrons. The van der Waals surface area contributed by atoms with E-state index in [1.807, 2.05) is 6.92 Å². The fraction of sp³-hybridized carbons (Fsp3) is 0.455. The Morgan fingerprint density at radius 1 is 1.59 bits per heavy atom. The first kappa shape index (κ1) is 13.9. The van der Waals surface area contributed by atoms with E-state index in [2.05, 4.69) is 15.9 Å². The normalized spacial score (nSPS) is 12.2. The van der Waals surface area contributed by atoms with Crippen molar-refractivity contribution < 1.29 is 4.79 Å². The number of pyridine rings is 1. The first-order valence-corrected chi connectivity index (χ1v) is 6.06. The molecular weight excluding hydrogens is 286 g/mol. The lowest BCUT2D eigenvalue weighted by Gasteiger charge is -2.23. The number of carbonyl (C=O) groups is 1. The Hall–Kier alpha value is -1.14. The summed E-state index contributed by atoms with van der Waals surface area (Å²) in [5.41, 5.74) is 5.29. The molecule has 17 heavy (non-hydrogen) atoms. The summed E-state index contributed by atoms with van der Waals surface area (Å²) >= 11 is 3.26. The fourth-order valence-electron chi connectivity index (χ4n) is 1.29. The van der Waals surface area contributed by atoms with Gasteiger partial charge in [-0.2, -0.15) is 0 Å². The van der Waals surface area contributed by atoms with Gasteiger partial charge in [0, 0.05) is 36.4 Å². The maximum Gasteiger partial charge on any atom is 0.251 e. The molecule has 0 aromatic carbocycles. The third kappa shape index (κ3) is 3.67. The molecular formula is C11H16BrN3O2. The lowest BCUT2D eigenvalue weighted by atomic mass is 10.3. The van der Waals surface area contributed by atoms with Crippen LogP contribution in [0.5, 0.6) is 0 Å². The van der Waals surface area contributed by atoms with Gasteiger partial charge in [0.05, 0.1) is 0 Å². The Morgan fingerprint density at radius 2 is 2.24 bits per heavy atom. The van der Waals surface area contributed by atoms with Crippen LogP contribution in [-0.2, 0) is 11.3 Å². The molecule has 1 atom stereocenters. The summed E-state index contributed by atoms with van der Waals surface area (Å²) in [7, 11) is 1.68. The van der Waals surface area contributed by atoms with Gasteiger partial charge in [0.15, 0.2) is 0 Å². The predicted molar refractivity (Wildman–Crippen MR) is 69.7 cm³/mol. The number of amides is 1. The van der Waals surface area contributed by atoms with Gasteiger partial charge in [-0.15, -0.1) is 0 Å². The second-order valence-electron chi connectivity index (χ2n) is 3.90. The van der Waals surface area contributed by atoms with Crippen LogP contribution in [0.15, 0.2) is 27.6 Å². The lowest BCUT2D eigenvalue weighted by Crippen LogP contribution is -2.42. The van der Waals surface area contributed by atoms with Crippen molar-refractivity contribution in [2.75, 3.05) is 13.6 Å². The van der Waals surface area contributed by atoms with Crippen LogP contribution in [0.2, 0.25) is 0 Å². The van der Waals surface area contributed by atoms with Crippen LogP contribution >= 0.6 is 15.9 Å². The molecule has 1 aromatic heterocycles. The summed E-state index contributed by atoms with van der Waals surface area (Å²) in [6.45, 7) is 2.29. The zero-order valence-electron chi connectivity index (χ0n) is 9.89. The van der Waals surface area contributed by atoms with E-state index in [4.69, 9.17) is 5.73 Å². The molecule has 0 aliphatic heterocycles. The van der Waals surface area contributed by atoms with Crippen LogP contribution in [0.3, 0.4) is 0 Å². The van der Waals surface area contributed by atoms with E-state index < -0.39 is 0 Å². The Morgan fingerprint density at radius 3 is 2.82 bits per heavy atom. The van der Waals surface area contributed by atoms with Gasteiger partial charge in [0.25, 0.3) is 5.56 Å². The lowest BCUT2D eigenvalue weighted by molar-refractivity contribution is -0.132. The molecule has 0 aliphatic carbocycles. The van der Waals surface area contributed by atoms with Crippen LogP contribution in [0.25, 0.3) is 0 Å². The molecule has 1 heterocycles. The van der Waals surface area contributed by atoms with Crippen LogP contribution in [0.4, 0.5) is 0 Å². The minimum absolute atomic E-state index is 0.0269. The summed E-state index contributed by atoms with van der Waals surface area (Å²) in [4.78, 5) is 24.9. The van der Waals surface area contributed by atoms with Gasteiger partial charge < -0.3 is 15.2 Å². The third-order valence-electron chi connectivity index (χ3n) is 2.65. The van der Waals surface area contributed by atoms with Crippen molar-refractivity contribution in [3.8, 4) is 0 Å². The van der Waals surface area contributed by atoms with Crippen LogP contribution in [0.1, 0.15) is 6.92 Å². The first-order chi connectivity index (χ1) is 7.95. The van der Waals surface area contributed by atoms with Crippen molar-refractivity contribution in [2.24, 2.45) is 5.73 Å². The van der Waals surface area contributed by atoms with Gasteiger partial charge in [-0.1, -0.05) is 0 Å². The molecule has 0 bridgehead atoms. The van der Waals surface area contributed by atoms with E-state index in [-0.39, 0.29) is 24.1 Å². The Balaban J connectivity index is 2.81.